The van der Waals surface area contributed by atoms with E-state index in [1.807, 2.05) is 43.3 Å². The number of nitro groups is 1. The molecule has 0 aliphatic heterocycles. The SMILES string of the molecule is COc1cc([N+](=O)[O-])ccc1Nc1cc(-c2ccccc2)nc(C)n1. The minimum atomic E-state index is -0.464. The normalized spacial score (nSPS) is 10.3. The summed E-state index contributed by atoms with van der Waals surface area (Å²) < 4.78 is 5.24. The predicted octanol–water partition coefficient (Wildman–Crippen LogP) is 4.11. The molecule has 0 aliphatic carbocycles. The van der Waals surface area contributed by atoms with E-state index in [1.165, 1.54) is 19.2 Å². The highest BCUT2D eigenvalue weighted by molar-refractivity contribution is 5.70. The van der Waals surface area contributed by atoms with Crippen molar-refractivity contribution in [2.24, 2.45) is 0 Å². The van der Waals surface area contributed by atoms with Gasteiger partial charge in [0, 0.05) is 17.7 Å². The fourth-order valence-corrected chi connectivity index (χ4v) is 2.42. The van der Waals surface area contributed by atoms with Gasteiger partial charge < -0.3 is 10.1 Å². The Hall–Kier alpha value is -3.48. The predicted molar refractivity (Wildman–Crippen MR) is 95.1 cm³/mol. The molecule has 3 aromatic rings. The summed E-state index contributed by atoms with van der Waals surface area (Å²) >= 11 is 0. The van der Waals surface area contributed by atoms with Crippen LogP contribution in [0.4, 0.5) is 17.2 Å². The fraction of sp³-hybridized carbons (Fsp3) is 0.111. The van der Waals surface area contributed by atoms with Crippen molar-refractivity contribution in [2.75, 3.05) is 12.4 Å². The highest BCUT2D eigenvalue weighted by Gasteiger charge is 2.13. The van der Waals surface area contributed by atoms with Gasteiger partial charge in [0.15, 0.2) is 0 Å². The van der Waals surface area contributed by atoms with Gasteiger partial charge in [-0.25, -0.2) is 9.97 Å². The van der Waals surface area contributed by atoms with Crippen molar-refractivity contribution in [3.05, 3.63) is 70.5 Å². The summed E-state index contributed by atoms with van der Waals surface area (Å²) in [4.78, 5) is 19.3. The Labute approximate surface area is 144 Å². The van der Waals surface area contributed by atoms with Crippen LogP contribution in [-0.2, 0) is 0 Å². The number of aryl methyl sites for hydroxylation is 1. The van der Waals surface area contributed by atoms with Gasteiger partial charge in [0.2, 0.25) is 0 Å². The lowest BCUT2D eigenvalue weighted by molar-refractivity contribution is -0.384. The number of anilines is 2. The second-order valence-electron chi connectivity index (χ2n) is 5.32. The summed E-state index contributed by atoms with van der Waals surface area (Å²) in [5, 5.41) is 14.0. The van der Waals surface area contributed by atoms with Crippen LogP contribution in [0.1, 0.15) is 5.82 Å². The van der Waals surface area contributed by atoms with Crippen LogP contribution in [0.3, 0.4) is 0 Å². The number of benzene rings is 2. The Bertz CT molecular complexity index is 913. The van der Waals surface area contributed by atoms with Crippen LogP contribution < -0.4 is 10.1 Å². The molecule has 2 aromatic carbocycles. The highest BCUT2D eigenvalue weighted by Crippen LogP contribution is 2.31. The molecule has 0 unspecified atom stereocenters. The van der Waals surface area contributed by atoms with Crippen LogP contribution in [0.2, 0.25) is 0 Å². The molecule has 1 aromatic heterocycles. The lowest BCUT2D eigenvalue weighted by atomic mass is 10.1. The van der Waals surface area contributed by atoms with Crippen molar-refractivity contribution in [3.63, 3.8) is 0 Å². The van der Waals surface area contributed by atoms with E-state index in [-0.39, 0.29) is 5.69 Å². The molecule has 0 saturated heterocycles. The highest BCUT2D eigenvalue weighted by atomic mass is 16.6. The maximum absolute atomic E-state index is 10.9. The number of ether oxygens (including phenoxy) is 1. The molecule has 0 atom stereocenters. The van der Waals surface area contributed by atoms with E-state index in [1.54, 1.807) is 6.07 Å². The minimum Gasteiger partial charge on any atom is -0.494 e. The molecular formula is C18H16N4O3. The Kier molecular flexibility index (Phi) is 4.56. The number of rotatable bonds is 5. The van der Waals surface area contributed by atoms with Crippen LogP contribution in [0.25, 0.3) is 11.3 Å². The summed E-state index contributed by atoms with van der Waals surface area (Å²) in [6.45, 7) is 1.81. The standard InChI is InChI=1S/C18H16N4O3/c1-12-19-16(13-6-4-3-5-7-13)11-18(20-12)21-15-9-8-14(22(23)24)10-17(15)25-2/h3-11H,1-2H3,(H,19,20,21). The van der Waals surface area contributed by atoms with Crippen LogP contribution >= 0.6 is 0 Å². The monoisotopic (exact) mass is 336 g/mol. The van der Waals surface area contributed by atoms with Gasteiger partial charge in [0.1, 0.15) is 17.4 Å². The van der Waals surface area contributed by atoms with Crippen molar-refractivity contribution in [3.8, 4) is 17.0 Å². The number of hydrogen-bond donors (Lipinski definition) is 1. The Morgan fingerprint density at radius 2 is 1.84 bits per heavy atom. The number of non-ortho nitro benzene ring substituents is 1. The molecule has 25 heavy (non-hydrogen) atoms. The smallest absolute Gasteiger partial charge is 0.273 e. The van der Waals surface area contributed by atoms with E-state index in [4.69, 9.17) is 4.74 Å². The molecule has 0 spiro atoms. The number of nitrogens with one attached hydrogen (secondary N) is 1. The molecule has 0 amide bonds. The molecule has 126 valence electrons. The van der Waals surface area contributed by atoms with Crippen molar-refractivity contribution in [1.29, 1.82) is 0 Å². The molecule has 1 heterocycles. The first kappa shape index (κ1) is 16.4. The van der Waals surface area contributed by atoms with Gasteiger partial charge in [-0.15, -0.1) is 0 Å². The average molecular weight is 336 g/mol. The van der Waals surface area contributed by atoms with Gasteiger partial charge >= 0.3 is 0 Å². The van der Waals surface area contributed by atoms with Crippen LogP contribution in [-0.4, -0.2) is 22.0 Å². The zero-order valence-electron chi connectivity index (χ0n) is 13.8. The maximum atomic E-state index is 10.9. The second-order valence-corrected chi connectivity index (χ2v) is 5.32. The van der Waals surface area contributed by atoms with Gasteiger partial charge in [-0.05, 0) is 13.0 Å². The minimum absolute atomic E-state index is 0.0359. The van der Waals surface area contributed by atoms with E-state index in [2.05, 4.69) is 15.3 Å². The zero-order valence-corrected chi connectivity index (χ0v) is 13.8. The van der Waals surface area contributed by atoms with Gasteiger partial charge in [-0.1, -0.05) is 30.3 Å². The molecule has 3 rings (SSSR count). The first-order valence-corrected chi connectivity index (χ1v) is 7.57. The van der Waals surface area contributed by atoms with Crippen LogP contribution in [0.15, 0.2) is 54.6 Å². The topological polar surface area (TPSA) is 90.2 Å². The molecule has 0 saturated carbocycles. The Balaban J connectivity index is 1.96. The average Bonchev–Trinajstić information content (AvgIpc) is 2.62. The second kappa shape index (κ2) is 6.96. The first-order valence-electron chi connectivity index (χ1n) is 7.57. The summed E-state index contributed by atoms with van der Waals surface area (Å²) in [7, 11) is 1.46. The first-order chi connectivity index (χ1) is 12.1. The van der Waals surface area contributed by atoms with Crippen LogP contribution in [0, 0.1) is 17.0 Å². The number of methoxy groups -OCH3 is 1. The molecule has 0 radical (unpaired) electrons. The third-order valence-corrected chi connectivity index (χ3v) is 3.57. The summed E-state index contributed by atoms with van der Waals surface area (Å²) in [5.41, 5.74) is 2.32. The molecule has 7 heteroatoms. The van der Waals surface area contributed by atoms with Crippen molar-refractivity contribution in [1.82, 2.24) is 9.97 Å². The van der Waals surface area contributed by atoms with Gasteiger partial charge in [-0.3, -0.25) is 10.1 Å². The van der Waals surface area contributed by atoms with E-state index in [0.29, 0.717) is 23.1 Å². The largest absolute Gasteiger partial charge is 0.494 e. The molecular weight excluding hydrogens is 320 g/mol. The number of hydrogen-bond acceptors (Lipinski definition) is 6. The Morgan fingerprint density at radius 3 is 2.52 bits per heavy atom. The molecule has 7 nitrogen and oxygen atoms in total. The summed E-state index contributed by atoms with van der Waals surface area (Å²) in [5.74, 6) is 1.56. The van der Waals surface area contributed by atoms with Gasteiger partial charge in [-0.2, -0.15) is 0 Å². The third-order valence-electron chi connectivity index (χ3n) is 3.57. The number of aromatic nitrogens is 2. The molecule has 0 fully saturated rings. The van der Waals surface area contributed by atoms with E-state index in [9.17, 15) is 10.1 Å². The number of nitro benzene ring substituents is 1. The van der Waals surface area contributed by atoms with Gasteiger partial charge in [0.25, 0.3) is 5.69 Å². The quantitative estimate of drug-likeness (QED) is 0.557. The van der Waals surface area contributed by atoms with Crippen LogP contribution in [0.5, 0.6) is 5.75 Å². The molecule has 0 bridgehead atoms. The fourth-order valence-electron chi connectivity index (χ4n) is 2.42. The van der Waals surface area contributed by atoms with Crippen molar-refractivity contribution in [2.45, 2.75) is 6.92 Å². The lowest BCUT2D eigenvalue weighted by Crippen LogP contribution is -2.01. The zero-order chi connectivity index (χ0) is 17.8. The third kappa shape index (κ3) is 3.72. The molecule has 1 N–H and O–H groups in total. The lowest BCUT2D eigenvalue weighted by Gasteiger charge is -2.12. The van der Waals surface area contributed by atoms with E-state index < -0.39 is 4.92 Å². The van der Waals surface area contributed by atoms with Gasteiger partial charge in [0.05, 0.1) is 29.5 Å². The summed E-state index contributed by atoms with van der Waals surface area (Å²) in [6, 6.07) is 16.0. The van der Waals surface area contributed by atoms with Crippen molar-refractivity contribution < 1.29 is 9.66 Å². The summed E-state index contributed by atoms with van der Waals surface area (Å²) in [6.07, 6.45) is 0. The molecule has 0 aliphatic rings. The maximum Gasteiger partial charge on any atom is 0.273 e. The Morgan fingerprint density at radius 1 is 1.08 bits per heavy atom. The van der Waals surface area contributed by atoms with E-state index >= 15 is 0 Å². The van der Waals surface area contributed by atoms with Crippen molar-refractivity contribution >= 4 is 17.2 Å². The van der Waals surface area contributed by atoms with E-state index in [0.717, 1.165) is 11.3 Å². The number of nitrogens with zero attached hydrogens (tertiary/aromatic N) is 3.